The second kappa shape index (κ2) is 9.89. The minimum atomic E-state index is -3.78. The second-order valence-corrected chi connectivity index (χ2v) is 9.93. The predicted molar refractivity (Wildman–Crippen MR) is 119 cm³/mol. The summed E-state index contributed by atoms with van der Waals surface area (Å²) in [5, 5.41) is 2.90. The molecular formula is C22H27ClN2O5S. The third-order valence-corrected chi connectivity index (χ3v) is 7.70. The SMILES string of the molecule is COc1ccc(OC)c(CNC(=O)c2ccc(Cl)c(S(=O)(=O)N3CCCC(C)C3)c2)c1. The Kier molecular flexibility index (Phi) is 7.46. The third-order valence-electron chi connectivity index (χ3n) is 5.36. The average Bonchev–Trinajstić information content (AvgIpc) is 2.77. The van der Waals surface area contributed by atoms with Gasteiger partial charge in [0.15, 0.2) is 0 Å². The zero-order valence-electron chi connectivity index (χ0n) is 17.9. The molecule has 1 unspecified atom stereocenters. The van der Waals surface area contributed by atoms with Gasteiger partial charge < -0.3 is 14.8 Å². The molecule has 0 bridgehead atoms. The maximum absolute atomic E-state index is 13.1. The average molecular weight is 467 g/mol. The Bertz CT molecular complexity index is 1060. The number of hydrogen-bond donors (Lipinski definition) is 1. The molecule has 1 aliphatic rings. The molecule has 1 aliphatic heterocycles. The van der Waals surface area contributed by atoms with Crippen LogP contribution in [-0.2, 0) is 16.6 Å². The zero-order valence-corrected chi connectivity index (χ0v) is 19.4. The Labute approximate surface area is 188 Å². The van der Waals surface area contributed by atoms with Crippen molar-refractivity contribution in [1.82, 2.24) is 9.62 Å². The van der Waals surface area contributed by atoms with E-state index in [1.54, 1.807) is 32.4 Å². The number of carbonyl (C=O) groups excluding carboxylic acids is 1. The van der Waals surface area contributed by atoms with E-state index in [-0.39, 0.29) is 27.9 Å². The van der Waals surface area contributed by atoms with Gasteiger partial charge in [0.05, 0.1) is 19.2 Å². The summed E-state index contributed by atoms with van der Waals surface area (Å²) in [5.41, 5.74) is 0.953. The number of methoxy groups -OCH3 is 2. The van der Waals surface area contributed by atoms with Gasteiger partial charge in [-0.15, -0.1) is 0 Å². The molecule has 2 aromatic carbocycles. The highest BCUT2D eigenvalue weighted by Crippen LogP contribution is 2.29. The fourth-order valence-corrected chi connectivity index (χ4v) is 5.74. The number of sulfonamides is 1. The first-order valence-corrected chi connectivity index (χ1v) is 11.9. The fraction of sp³-hybridized carbons (Fsp3) is 0.409. The molecule has 0 spiro atoms. The first-order chi connectivity index (χ1) is 14.8. The summed E-state index contributed by atoms with van der Waals surface area (Å²) in [6, 6.07) is 9.60. The Morgan fingerprint density at radius 3 is 2.65 bits per heavy atom. The maximum Gasteiger partial charge on any atom is 0.251 e. The molecule has 1 heterocycles. The molecule has 1 saturated heterocycles. The molecule has 31 heavy (non-hydrogen) atoms. The summed E-state index contributed by atoms with van der Waals surface area (Å²) in [6.45, 7) is 3.12. The topological polar surface area (TPSA) is 84.9 Å². The van der Waals surface area contributed by atoms with Crippen LogP contribution in [0.5, 0.6) is 11.5 Å². The van der Waals surface area contributed by atoms with Crippen LogP contribution in [0.3, 0.4) is 0 Å². The van der Waals surface area contributed by atoms with E-state index in [1.165, 1.54) is 22.5 Å². The van der Waals surface area contributed by atoms with Gasteiger partial charge >= 0.3 is 0 Å². The van der Waals surface area contributed by atoms with E-state index in [9.17, 15) is 13.2 Å². The molecule has 0 radical (unpaired) electrons. The Morgan fingerprint density at radius 2 is 1.97 bits per heavy atom. The van der Waals surface area contributed by atoms with Crippen molar-refractivity contribution in [2.45, 2.75) is 31.2 Å². The second-order valence-electron chi connectivity index (χ2n) is 7.62. The summed E-state index contributed by atoms with van der Waals surface area (Å²) in [5.74, 6) is 1.12. The van der Waals surface area contributed by atoms with Crippen LogP contribution < -0.4 is 14.8 Å². The van der Waals surface area contributed by atoms with E-state index in [0.29, 0.717) is 24.6 Å². The van der Waals surface area contributed by atoms with Gasteiger partial charge in [0.25, 0.3) is 5.91 Å². The molecule has 0 saturated carbocycles. The first-order valence-electron chi connectivity index (χ1n) is 10.0. The van der Waals surface area contributed by atoms with Crippen LogP contribution in [0.15, 0.2) is 41.3 Å². The molecule has 1 fully saturated rings. The number of hydrogen-bond acceptors (Lipinski definition) is 5. The van der Waals surface area contributed by atoms with Crippen molar-refractivity contribution in [1.29, 1.82) is 0 Å². The van der Waals surface area contributed by atoms with E-state index in [2.05, 4.69) is 5.32 Å². The van der Waals surface area contributed by atoms with Gasteiger partial charge in [-0.05, 0) is 55.2 Å². The molecule has 0 aromatic heterocycles. The molecule has 7 nitrogen and oxygen atoms in total. The number of benzene rings is 2. The number of nitrogens with zero attached hydrogens (tertiary/aromatic N) is 1. The van der Waals surface area contributed by atoms with Gasteiger partial charge in [-0.25, -0.2) is 8.42 Å². The van der Waals surface area contributed by atoms with Crippen LogP contribution >= 0.6 is 11.6 Å². The molecular weight excluding hydrogens is 440 g/mol. The zero-order chi connectivity index (χ0) is 22.6. The lowest BCUT2D eigenvalue weighted by atomic mass is 10.0. The van der Waals surface area contributed by atoms with Crippen LogP contribution in [0.25, 0.3) is 0 Å². The molecule has 9 heteroatoms. The maximum atomic E-state index is 13.1. The van der Waals surface area contributed by atoms with Crippen molar-refractivity contribution in [3.05, 3.63) is 52.5 Å². The number of amides is 1. The Hall–Kier alpha value is -2.29. The van der Waals surface area contributed by atoms with E-state index >= 15 is 0 Å². The molecule has 1 N–H and O–H groups in total. The Balaban J connectivity index is 1.80. The van der Waals surface area contributed by atoms with Gasteiger partial charge in [-0.1, -0.05) is 18.5 Å². The van der Waals surface area contributed by atoms with Gasteiger partial charge in [-0.2, -0.15) is 4.31 Å². The first kappa shape index (κ1) is 23.4. The number of halogens is 1. The molecule has 1 amide bonds. The van der Waals surface area contributed by atoms with Crippen molar-refractivity contribution in [3.63, 3.8) is 0 Å². The van der Waals surface area contributed by atoms with Gasteiger partial charge in [0.1, 0.15) is 16.4 Å². The van der Waals surface area contributed by atoms with Gasteiger partial charge in [-0.3, -0.25) is 4.79 Å². The minimum Gasteiger partial charge on any atom is -0.497 e. The standard InChI is InChI=1S/C22H27ClN2O5S/c1-15-5-4-10-25(14-15)31(27,28)21-12-16(6-8-19(21)23)22(26)24-13-17-11-18(29-2)7-9-20(17)30-3/h6-9,11-12,15H,4-5,10,13-14H2,1-3H3,(H,24,26). The molecule has 168 valence electrons. The predicted octanol–water partition coefficient (Wildman–Crippen LogP) is 3.71. The summed E-state index contributed by atoms with van der Waals surface area (Å²) >= 11 is 6.22. The number of nitrogens with one attached hydrogen (secondary N) is 1. The van der Waals surface area contributed by atoms with Crippen LogP contribution in [0, 0.1) is 5.92 Å². The molecule has 2 aromatic rings. The molecule has 0 aliphatic carbocycles. The highest BCUT2D eigenvalue weighted by molar-refractivity contribution is 7.89. The number of rotatable bonds is 7. The van der Waals surface area contributed by atoms with Crippen LogP contribution in [0.4, 0.5) is 0 Å². The summed E-state index contributed by atoms with van der Waals surface area (Å²) in [7, 11) is -0.679. The number of ether oxygens (including phenoxy) is 2. The molecule has 3 rings (SSSR count). The number of piperidine rings is 1. The normalized spacial score (nSPS) is 17.2. The largest absolute Gasteiger partial charge is 0.497 e. The monoisotopic (exact) mass is 466 g/mol. The highest BCUT2D eigenvalue weighted by Gasteiger charge is 2.31. The highest BCUT2D eigenvalue weighted by atomic mass is 35.5. The van der Waals surface area contributed by atoms with E-state index < -0.39 is 15.9 Å². The van der Waals surface area contributed by atoms with E-state index in [1.807, 2.05) is 6.92 Å². The molecule has 1 atom stereocenters. The summed E-state index contributed by atoms with van der Waals surface area (Å²) in [4.78, 5) is 12.7. The number of carbonyl (C=O) groups is 1. The lowest BCUT2D eigenvalue weighted by Crippen LogP contribution is -2.39. The fourth-order valence-electron chi connectivity index (χ4n) is 3.64. The van der Waals surface area contributed by atoms with Gasteiger partial charge in [0, 0.05) is 30.8 Å². The quantitative estimate of drug-likeness (QED) is 0.672. The summed E-state index contributed by atoms with van der Waals surface area (Å²) in [6.07, 6.45) is 1.80. The Morgan fingerprint density at radius 1 is 1.19 bits per heavy atom. The van der Waals surface area contributed by atoms with E-state index in [0.717, 1.165) is 18.4 Å². The van der Waals surface area contributed by atoms with Gasteiger partial charge in [0.2, 0.25) is 10.0 Å². The van der Waals surface area contributed by atoms with Crippen molar-refractivity contribution >= 4 is 27.5 Å². The lowest BCUT2D eigenvalue weighted by molar-refractivity contribution is 0.0950. The van der Waals surface area contributed by atoms with Crippen LogP contribution in [-0.4, -0.2) is 45.9 Å². The van der Waals surface area contributed by atoms with E-state index in [4.69, 9.17) is 21.1 Å². The lowest BCUT2D eigenvalue weighted by Gasteiger charge is -2.30. The van der Waals surface area contributed by atoms with Crippen LogP contribution in [0.1, 0.15) is 35.7 Å². The van der Waals surface area contributed by atoms with Crippen molar-refractivity contribution < 1.29 is 22.7 Å². The van der Waals surface area contributed by atoms with Crippen molar-refractivity contribution in [2.75, 3.05) is 27.3 Å². The van der Waals surface area contributed by atoms with Crippen LogP contribution in [0.2, 0.25) is 5.02 Å². The van der Waals surface area contributed by atoms with Crippen molar-refractivity contribution in [3.8, 4) is 11.5 Å². The third kappa shape index (κ3) is 5.31. The minimum absolute atomic E-state index is 0.0464. The summed E-state index contributed by atoms with van der Waals surface area (Å²) < 4.78 is 38.3. The van der Waals surface area contributed by atoms with Crippen molar-refractivity contribution in [2.24, 2.45) is 5.92 Å². The smallest absolute Gasteiger partial charge is 0.251 e.